The van der Waals surface area contributed by atoms with Gasteiger partial charge in [-0.05, 0) is 45.1 Å². The van der Waals surface area contributed by atoms with Gasteiger partial charge in [0.25, 0.3) is 0 Å². The molecule has 0 bridgehead atoms. The van der Waals surface area contributed by atoms with Crippen molar-refractivity contribution >= 4 is 6.09 Å². The second-order valence-electron chi connectivity index (χ2n) is 8.13. The van der Waals surface area contributed by atoms with Crippen molar-refractivity contribution in [3.63, 3.8) is 0 Å². The Kier molecular flexibility index (Phi) is 5.92. The molecule has 1 fully saturated rings. The smallest absolute Gasteiger partial charge is 0.407 e. The number of benzene rings is 1. The van der Waals surface area contributed by atoms with Crippen molar-refractivity contribution in [2.45, 2.75) is 65.8 Å². The Hall–Kier alpha value is -1.55. The standard InChI is InChI=1S/C20H32N2O2/c1-14-15(2)18(21-19(23)24-20(4,5)6)13-22(16(14)3)12-17-10-8-7-9-11-17/h7-11,14-16,18H,12-13H2,1-6H3,(H,21,23)/t14-,15-,16-,18-/m1/s1. The zero-order valence-corrected chi connectivity index (χ0v) is 15.9. The summed E-state index contributed by atoms with van der Waals surface area (Å²) < 4.78 is 5.44. The summed E-state index contributed by atoms with van der Waals surface area (Å²) in [5.74, 6) is 0.918. The van der Waals surface area contributed by atoms with Crippen LogP contribution in [0.5, 0.6) is 0 Å². The SMILES string of the molecule is C[C@@H]1[C@@H](C)[C@H](NC(=O)OC(C)(C)C)CN(Cc2ccccc2)[C@@H]1C. The van der Waals surface area contributed by atoms with Gasteiger partial charge in [0.15, 0.2) is 0 Å². The van der Waals surface area contributed by atoms with Crippen LogP contribution in [0, 0.1) is 11.8 Å². The molecular weight excluding hydrogens is 300 g/mol. The molecule has 0 saturated carbocycles. The molecule has 1 aliphatic heterocycles. The van der Waals surface area contributed by atoms with Gasteiger partial charge in [0.05, 0.1) is 0 Å². The molecule has 134 valence electrons. The van der Waals surface area contributed by atoms with E-state index in [1.54, 1.807) is 0 Å². The molecule has 0 spiro atoms. The van der Waals surface area contributed by atoms with Crippen LogP contribution in [0.3, 0.4) is 0 Å². The van der Waals surface area contributed by atoms with Gasteiger partial charge in [-0.15, -0.1) is 0 Å². The van der Waals surface area contributed by atoms with E-state index in [9.17, 15) is 4.79 Å². The first-order chi connectivity index (χ1) is 11.2. The topological polar surface area (TPSA) is 41.6 Å². The fourth-order valence-electron chi connectivity index (χ4n) is 3.39. The third-order valence-electron chi connectivity index (χ3n) is 5.16. The first-order valence-electron chi connectivity index (χ1n) is 8.95. The highest BCUT2D eigenvalue weighted by Gasteiger charge is 2.37. The Balaban J connectivity index is 2.04. The molecule has 4 heteroatoms. The molecular formula is C20H32N2O2. The first-order valence-corrected chi connectivity index (χ1v) is 8.95. The average molecular weight is 332 g/mol. The summed E-state index contributed by atoms with van der Waals surface area (Å²) in [6, 6.07) is 11.1. The number of amides is 1. The van der Waals surface area contributed by atoms with Crippen molar-refractivity contribution in [3.8, 4) is 0 Å². The van der Waals surface area contributed by atoms with Gasteiger partial charge in [0.2, 0.25) is 0 Å². The zero-order valence-electron chi connectivity index (χ0n) is 15.9. The molecule has 4 nitrogen and oxygen atoms in total. The van der Waals surface area contributed by atoms with E-state index in [0.29, 0.717) is 17.9 Å². The molecule has 1 aromatic rings. The van der Waals surface area contributed by atoms with E-state index in [-0.39, 0.29) is 12.1 Å². The average Bonchev–Trinajstić information content (AvgIpc) is 2.49. The van der Waals surface area contributed by atoms with Gasteiger partial charge in [0, 0.05) is 25.2 Å². The summed E-state index contributed by atoms with van der Waals surface area (Å²) in [7, 11) is 0. The van der Waals surface area contributed by atoms with Crippen LogP contribution < -0.4 is 5.32 Å². The number of hydrogen-bond acceptors (Lipinski definition) is 3. The van der Waals surface area contributed by atoms with E-state index in [1.807, 2.05) is 26.8 Å². The summed E-state index contributed by atoms with van der Waals surface area (Å²) in [6.45, 7) is 14.2. The minimum Gasteiger partial charge on any atom is -0.444 e. The number of rotatable bonds is 3. The number of likely N-dealkylation sites (tertiary alicyclic amines) is 1. The molecule has 4 atom stereocenters. The Morgan fingerprint density at radius 1 is 1.17 bits per heavy atom. The highest BCUT2D eigenvalue weighted by atomic mass is 16.6. The van der Waals surface area contributed by atoms with E-state index in [2.05, 4.69) is 55.3 Å². The predicted molar refractivity (Wildman–Crippen MR) is 97.8 cm³/mol. The molecule has 24 heavy (non-hydrogen) atoms. The largest absolute Gasteiger partial charge is 0.444 e. The van der Waals surface area contributed by atoms with Crippen molar-refractivity contribution in [1.82, 2.24) is 10.2 Å². The van der Waals surface area contributed by atoms with E-state index >= 15 is 0 Å². The van der Waals surface area contributed by atoms with E-state index in [4.69, 9.17) is 4.74 Å². The highest BCUT2D eigenvalue weighted by Crippen LogP contribution is 2.30. The molecule has 2 rings (SSSR count). The van der Waals surface area contributed by atoms with E-state index in [0.717, 1.165) is 13.1 Å². The van der Waals surface area contributed by atoms with Crippen molar-refractivity contribution < 1.29 is 9.53 Å². The van der Waals surface area contributed by atoms with Crippen LogP contribution in [0.1, 0.15) is 47.1 Å². The third kappa shape index (κ3) is 4.97. The van der Waals surface area contributed by atoms with Gasteiger partial charge >= 0.3 is 6.09 Å². The molecule has 1 aliphatic rings. The van der Waals surface area contributed by atoms with Crippen molar-refractivity contribution in [3.05, 3.63) is 35.9 Å². The Labute approximate surface area is 146 Å². The van der Waals surface area contributed by atoms with Crippen LogP contribution in [0.15, 0.2) is 30.3 Å². The van der Waals surface area contributed by atoms with E-state index < -0.39 is 5.60 Å². The number of alkyl carbamates (subject to hydrolysis) is 1. The van der Waals surface area contributed by atoms with Crippen LogP contribution in [-0.2, 0) is 11.3 Å². The molecule has 1 saturated heterocycles. The maximum absolute atomic E-state index is 12.2. The van der Waals surface area contributed by atoms with Gasteiger partial charge in [0.1, 0.15) is 5.60 Å². The van der Waals surface area contributed by atoms with Crippen LogP contribution in [0.25, 0.3) is 0 Å². The first kappa shape index (κ1) is 18.8. The lowest BCUT2D eigenvalue weighted by Gasteiger charge is -2.46. The Morgan fingerprint density at radius 3 is 2.38 bits per heavy atom. The number of nitrogens with one attached hydrogen (secondary N) is 1. The fraction of sp³-hybridized carbons (Fsp3) is 0.650. The fourth-order valence-corrected chi connectivity index (χ4v) is 3.39. The van der Waals surface area contributed by atoms with Crippen molar-refractivity contribution in [2.75, 3.05) is 6.54 Å². The van der Waals surface area contributed by atoms with Gasteiger partial charge < -0.3 is 10.1 Å². The third-order valence-corrected chi connectivity index (χ3v) is 5.16. The maximum atomic E-state index is 12.2. The lowest BCUT2D eigenvalue weighted by molar-refractivity contribution is 0.0207. The summed E-state index contributed by atoms with van der Waals surface area (Å²) >= 11 is 0. The Morgan fingerprint density at radius 2 is 1.79 bits per heavy atom. The summed E-state index contributed by atoms with van der Waals surface area (Å²) in [6.07, 6.45) is -0.319. The number of piperidine rings is 1. The van der Waals surface area contributed by atoms with Gasteiger partial charge in [-0.1, -0.05) is 44.2 Å². The lowest BCUT2D eigenvalue weighted by atomic mass is 9.79. The van der Waals surface area contributed by atoms with Gasteiger partial charge in [-0.2, -0.15) is 0 Å². The van der Waals surface area contributed by atoms with Crippen LogP contribution in [0.2, 0.25) is 0 Å². The minimum absolute atomic E-state index is 0.106. The summed E-state index contributed by atoms with van der Waals surface area (Å²) in [5.41, 5.74) is 0.840. The van der Waals surface area contributed by atoms with Crippen LogP contribution in [-0.4, -0.2) is 35.2 Å². The van der Waals surface area contributed by atoms with Crippen LogP contribution in [0.4, 0.5) is 4.79 Å². The number of ether oxygens (including phenoxy) is 1. The monoisotopic (exact) mass is 332 g/mol. The molecule has 0 aromatic heterocycles. The lowest BCUT2D eigenvalue weighted by Crippen LogP contribution is -2.58. The van der Waals surface area contributed by atoms with E-state index in [1.165, 1.54) is 5.56 Å². The maximum Gasteiger partial charge on any atom is 0.407 e. The molecule has 1 heterocycles. The van der Waals surface area contributed by atoms with Crippen molar-refractivity contribution in [1.29, 1.82) is 0 Å². The second kappa shape index (κ2) is 7.56. The second-order valence-corrected chi connectivity index (χ2v) is 8.13. The minimum atomic E-state index is -0.468. The molecule has 1 amide bonds. The number of carbonyl (C=O) groups excluding carboxylic acids is 1. The zero-order chi connectivity index (χ0) is 17.9. The van der Waals surface area contributed by atoms with Crippen LogP contribution >= 0.6 is 0 Å². The molecule has 0 aliphatic carbocycles. The Bertz CT molecular complexity index is 538. The molecule has 1 N–H and O–H groups in total. The number of carbonyl (C=O) groups is 1. The van der Waals surface area contributed by atoms with Crippen molar-refractivity contribution in [2.24, 2.45) is 11.8 Å². The summed E-state index contributed by atoms with van der Waals surface area (Å²) in [5, 5.41) is 3.09. The van der Waals surface area contributed by atoms with Gasteiger partial charge in [-0.25, -0.2) is 4.79 Å². The molecule has 0 unspecified atom stereocenters. The quantitative estimate of drug-likeness (QED) is 0.907. The summed E-state index contributed by atoms with van der Waals surface area (Å²) in [4.78, 5) is 14.6. The normalized spacial score (nSPS) is 28.4. The number of nitrogens with zero attached hydrogens (tertiary/aromatic N) is 1. The highest BCUT2D eigenvalue weighted by molar-refractivity contribution is 5.68. The molecule has 0 radical (unpaired) electrons. The molecule has 1 aromatic carbocycles. The van der Waals surface area contributed by atoms with Gasteiger partial charge in [-0.3, -0.25) is 4.90 Å². The number of hydrogen-bond donors (Lipinski definition) is 1. The predicted octanol–water partition coefficient (Wildman–Crippen LogP) is 4.06.